The molecule has 234 valence electrons. The summed E-state index contributed by atoms with van der Waals surface area (Å²) in [6.07, 6.45) is 3.96. The molecule has 9 heteroatoms. The van der Waals surface area contributed by atoms with Crippen molar-refractivity contribution in [3.8, 4) is 11.5 Å². The van der Waals surface area contributed by atoms with E-state index in [4.69, 9.17) is 23.4 Å². The molecule has 0 radical (unpaired) electrons. The van der Waals surface area contributed by atoms with Crippen molar-refractivity contribution in [2.45, 2.75) is 103 Å². The maximum Gasteiger partial charge on any atom is 0.411 e. The van der Waals surface area contributed by atoms with Crippen molar-refractivity contribution >= 4 is 20.2 Å². The lowest BCUT2D eigenvalue weighted by atomic mass is 9.71. The second kappa shape index (κ2) is 12.8. The third-order valence-electron chi connectivity index (χ3n) is 8.69. The number of hydrogen-bond acceptors (Lipinski definition) is 7. The van der Waals surface area contributed by atoms with Gasteiger partial charge in [0, 0.05) is 13.2 Å². The summed E-state index contributed by atoms with van der Waals surface area (Å²) >= 11 is 0. The van der Waals surface area contributed by atoms with Gasteiger partial charge in [0.25, 0.3) is 0 Å². The maximum absolute atomic E-state index is 13.9. The molecule has 1 aliphatic carbocycles. The molecule has 1 amide bonds. The molecule has 1 aromatic rings. The Kier molecular flexibility index (Phi) is 10.3. The third-order valence-corrected chi connectivity index (χ3v) is 14.8. The highest BCUT2D eigenvalue weighted by atomic mass is 28.4. The van der Waals surface area contributed by atoms with Crippen LogP contribution >= 0.6 is 0 Å². The van der Waals surface area contributed by atoms with E-state index in [1.165, 1.54) is 7.11 Å². The Morgan fingerprint density at radius 2 is 1.52 bits per heavy atom. The highest BCUT2D eigenvalue weighted by Gasteiger charge is 2.51. The summed E-state index contributed by atoms with van der Waals surface area (Å²) in [5.74, 6) is 1.07. The lowest BCUT2D eigenvalue weighted by Gasteiger charge is -2.49. The van der Waals surface area contributed by atoms with Gasteiger partial charge in [-0.3, -0.25) is 9.69 Å². The van der Waals surface area contributed by atoms with Gasteiger partial charge in [-0.1, -0.05) is 41.5 Å². The van der Waals surface area contributed by atoms with Crippen molar-refractivity contribution in [1.29, 1.82) is 0 Å². The molecule has 8 nitrogen and oxygen atoms in total. The van der Waals surface area contributed by atoms with Crippen LogP contribution in [0.2, 0.25) is 16.6 Å². The molecular formula is C33H51NO7Si. The zero-order chi connectivity index (χ0) is 31.6. The maximum atomic E-state index is 13.9. The average molecular weight is 602 g/mol. The summed E-state index contributed by atoms with van der Waals surface area (Å²) in [5.41, 5.74) is 1.97. The fourth-order valence-corrected chi connectivity index (χ4v) is 12.5. The van der Waals surface area contributed by atoms with E-state index in [-0.39, 0.29) is 11.5 Å². The average Bonchev–Trinajstić information content (AvgIpc) is 2.90. The molecule has 1 aliphatic heterocycles. The van der Waals surface area contributed by atoms with Gasteiger partial charge in [-0.2, -0.15) is 0 Å². The number of ketones is 1. The quantitative estimate of drug-likeness (QED) is 0.260. The molecule has 0 bridgehead atoms. The number of carbonyl (C=O) groups is 2. The molecule has 42 heavy (non-hydrogen) atoms. The van der Waals surface area contributed by atoms with Gasteiger partial charge in [-0.15, -0.1) is 0 Å². The number of benzene rings is 1. The molecule has 1 atom stereocenters. The van der Waals surface area contributed by atoms with Crippen LogP contribution in [0.1, 0.15) is 79.9 Å². The summed E-state index contributed by atoms with van der Waals surface area (Å²) in [4.78, 5) is 29.0. The number of rotatable bonds is 10. The van der Waals surface area contributed by atoms with Crippen LogP contribution in [0.3, 0.4) is 0 Å². The predicted molar refractivity (Wildman–Crippen MR) is 168 cm³/mol. The van der Waals surface area contributed by atoms with Crippen molar-refractivity contribution in [3.05, 3.63) is 46.7 Å². The van der Waals surface area contributed by atoms with E-state index in [0.717, 1.165) is 16.7 Å². The first-order valence-corrected chi connectivity index (χ1v) is 17.1. The van der Waals surface area contributed by atoms with E-state index >= 15 is 0 Å². The van der Waals surface area contributed by atoms with Crippen LogP contribution in [0.4, 0.5) is 4.79 Å². The van der Waals surface area contributed by atoms with Crippen molar-refractivity contribution < 1.29 is 33.0 Å². The Hall–Kier alpha value is -2.78. The van der Waals surface area contributed by atoms with Gasteiger partial charge in [0.2, 0.25) is 5.78 Å². The first-order valence-electron chi connectivity index (χ1n) is 15.0. The van der Waals surface area contributed by atoms with E-state index in [9.17, 15) is 9.59 Å². The SMILES string of the molecule is COC1=CC2(C(CCO[Si](C(C)C)(C(C)C)C(C)C)=CC1=O)c1cc(OC)c(OC)cc1CCN2C(=O)OC(C)(C)C. The summed E-state index contributed by atoms with van der Waals surface area (Å²) in [6, 6.07) is 3.87. The summed E-state index contributed by atoms with van der Waals surface area (Å²) in [6.45, 7) is 19.9. The minimum Gasteiger partial charge on any atom is -0.493 e. The van der Waals surface area contributed by atoms with Gasteiger partial charge >= 0.3 is 6.09 Å². The number of ether oxygens (including phenoxy) is 4. The van der Waals surface area contributed by atoms with E-state index < -0.39 is 25.6 Å². The largest absolute Gasteiger partial charge is 0.493 e. The number of carbonyl (C=O) groups excluding carboxylic acids is 2. The highest BCUT2D eigenvalue weighted by Crippen LogP contribution is 2.50. The van der Waals surface area contributed by atoms with Gasteiger partial charge in [0.15, 0.2) is 25.6 Å². The van der Waals surface area contributed by atoms with E-state index in [0.29, 0.717) is 54.1 Å². The van der Waals surface area contributed by atoms with Gasteiger partial charge in [-0.25, -0.2) is 4.79 Å². The van der Waals surface area contributed by atoms with Gasteiger partial charge in [0.05, 0.1) is 21.3 Å². The molecule has 1 aromatic carbocycles. The van der Waals surface area contributed by atoms with Crippen LogP contribution < -0.4 is 9.47 Å². The van der Waals surface area contributed by atoms with Crippen LogP contribution in [0.5, 0.6) is 11.5 Å². The molecular weight excluding hydrogens is 550 g/mol. The molecule has 0 saturated carbocycles. The third kappa shape index (κ3) is 6.13. The van der Waals surface area contributed by atoms with E-state index in [1.807, 2.05) is 32.9 Å². The normalized spacial score (nSPS) is 19.2. The molecule has 0 saturated heterocycles. The van der Waals surface area contributed by atoms with Crippen molar-refractivity contribution in [3.63, 3.8) is 0 Å². The van der Waals surface area contributed by atoms with Crippen LogP contribution in [-0.4, -0.2) is 65.2 Å². The van der Waals surface area contributed by atoms with Crippen LogP contribution in [-0.2, 0) is 30.7 Å². The molecule has 1 heterocycles. The second-order valence-electron chi connectivity index (χ2n) is 13.2. The molecule has 0 N–H and O–H groups in total. The molecule has 1 spiro atoms. The Labute approximate surface area is 253 Å². The Morgan fingerprint density at radius 1 is 0.952 bits per heavy atom. The van der Waals surface area contributed by atoms with Crippen LogP contribution in [0, 0.1) is 0 Å². The van der Waals surface area contributed by atoms with Gasteiger partial charge < -0.3 is 23.4 Å². The number of fused-ring (bicyclic) bond motifs is 2. The van der Waals surface area contributed by atoms with Gasteiger partial charge in [0.1, 0.15) is 11.1 Å². The number of methoxy groups -OCH3 is 3. The first-order chi connectivity index (χ1) is 19.6. The minimum atomic E-state index is -2.17. The zero-order valence-corrected chi connectivity index (χ0v) is 28.7. The molecule has 0 aromatic heterocycles. The molecule has 1 unspecified atom stereocenters. The molecule has 3 rings (SSSR count). The standard InChI is InChI=1S/C33H51NO7Si/c1-21(2)42(22(3)4,23(5)6)40-16-14-25-18-27(35)30(39-12)20-33(25)26-19-29(38-11)28(37-10)17-24(26)13-15-34(33)31(36)41-32(7,8)9/h17-23H,13-16H2,1-12H3. The predicted octanol–water partition coefficient (Wildman–Crippen LogP) is 7.31. The van der Waals surface area contributed by atoms with Gasteiger partial charge in [-0.05, 0) is 91.2 Å². The first kappa shape index (κ1) is 33.7. The van der Waals surface area contributed by atoms with Crippen LogP contribution in [0.15, 0.2) is 35.6 Å². The highest BCUT2D eigenvalue weighted by molar-refractivity contribution is 6.77. The number of amides is 1. The topological polar surface area (TPSA) is 83.5 Å². The van der Waals surface area contributed by atoms with Crippen LogP contribution in [0.25, 0.3) is 0 Å². The van der Waals surface area contributed by atoms with Crippen molar-refractivity contribution in [2.75, 3.05) is 34.5 Å². The van der Waals surface area contributed by atoms with Crippen molar-refractivity contribution in [2.24, 2.45) is 0 Å². The minimum absolute atomic E-state index is 0.172. The monoisotopic (exact) mass is 601 g/mol. The summed E-state index contributed by atoms with van der Waals surface area (Å²) in [7, 11) is 2.50. The Morgan fingerprint density at radius 3 is 2.02 bits per heavy atom. The molecule has 2 aliphatic rings. The fraction of sp³-hybridized carbons (Fsp3) is 0.636. The number of allylic oxidation sites excluding steroid dienone is 1. The number of hydrogen-bond donors (Lipinski definition) is 0. The number of nitrogens with zero attached hydrogens (tertiary/aromatic N) is 1. The van der Waals surface area contributed by atoms with E-state index in [1.54, 1.807) is 31.3 Å². The zero-order valence-electron chi connectivity index (χ0n) is 27.7. The Bertz CT molecular complexity index is 1210. The molecule has 0 fully saturated rings. The summed E-state index contributed by atoms with van der Waals surface area (Å²) in [5, 5.41) is 0. The fourth-order valence-electron chi connectivity index (χ4n) is 7.04. The smallest absolute Gasteiger partial charge is 0.411 e. The Balaban J connectivity index is 2.24. The second-order valence-corrected chi connectivity index (χ2v) is 18.6. The summed E-state index contributed by atoms with van der Waals surface area (Å²) < 4.78 is 29.8. The van der Waals surface area contributed by atoms with E-state index in [2.05, 4.69) is 41.5 Å². The van der Waals surface area contributed by atoms with Crippen molar-refractivity contribution in [1.82, 2.24) is 4.90 Å². The lowest BCUT2D eigenvalue weighted by Crippen LogP contribution is -2.56. The lowest BCUT2D eigenvalue weighted by molar-refractivity contribution is -0.114.